The van der Waals surface area contributed by atoms with Gasteiger partial charge in [0.2, 0.25) is 5.91 Å². The molecule has 1 aromatic carbocycles. The van der Waals surface area contributed by atoms with Crippen molar-refractivity contribution in [3.8, 4) is 5.69 Å². The highest BCUT2D eigenvalue weighted by molar-refractivity contribution is 5.98. The molecule has 3 rings (SSSR count). The first-order chi connectivity index (χ1) is 11.0. The van der Waals surface area contributed by atoms with E-state index in [0.717, 1.165) is 0 Å². The second-order valence-electron chi connectivity index (χ2n) is 5.53. The maximum Gasteiger partial charge on any atom is 0.244 e. The minimum atomic E-state index is -0.975. The average molecular weight is 357 g/mol. The molecule has 1 fully saturated rings. The van der Waals surface area contributed by atoms with Crippen LogP contribution in [-0.4, -0.2) is 44.9 Å². The van der Waals surface area contributed by atoms with Gasteiger partial charge >= 0.3 is 0 Å². The first kappa shape index (κ1) is 18.2. The van der Waals surface area contributed by atoms with Gasteiger partial charge in [0.1, 0.15) is 17.0 Å². The predicted octanol–water partition coefficient (Wildman–Crippen LogP) is 0.978. The Morgan fingerprint density at radius 1 is 1.42 bits per heavy atom. The molecule has 1 aromatic heterocycles. The first-order valence-electron chi connectivity index (χ1n) is 7.23. The van der Waals surface area contributed by atoms with E-state index in [2.05, 4.69) is 20.8 Å². The Morgan fingerprint density at radius 3 is 2.75 bits per heavy atom. The molecule has 3 N–H and O–H groups in total. The summed E-state index contributed by atoms with van der Waals surface area (Å²) in [4.78, 5) is 12.4. The largest absolute Gasteiger partial charge is 0.381 e. The fourth-order valence-corrected chi connectivity index (χ4v) is 2.43. The number of carbonyl (C=O) groups is 1. The lowest BCUT2D eigenvalue weighted by molar-refractivity contribution is -0.124. The summed E-state index contributed by atoms with van der Waals surface area (Å²) < 4.78 is 20.5. The van der Waals surface area contributed by atoms with Gasteiger partial charge in [-0.3, -0.25) is 4.79 Å². The molecule has 130 valence electrons. The van der Waals surface area contributed by atoms with Crippen LogP contribution in [0.1, 0.15) is 18.7 Å². The quantitative estimate of drug-likeness (QED) is 0.848. The Labute approximate surface area is 144 Å². The molecule has 8 nitrogen and oxygen atoms in total. The summed E-state index contributed by atoms with van der Waals surface area (Å²) in [6, 6.07) is 4.19. The van der Waals surface area contributed by atoms with E-state index in [1.54, 1.807) is 6.92 Å². The number of aryl methyl sites for hydroxylation is 1. The third-order valence-corrected chi connectivity index (χ3v) is 3.89. The molecule has 1 saturated heterocycles. The summed E-state index contributed by atoms with van der Waals surface area (Å²) in [5.74, 6) is -0.370. The Morgan fingerprint density at radius 2 is 2.12 bits per heavy atom. The highest BCUT2D eigenvalue weighted by Crippen LogP contribution is 2.23. The molecule has 0 spiro atoms. The lowest BCUT2D eigenvalue weighted by atomic mass is 9.90. The Hall–Kier alpha value is -2.10. The maximum absolute atomic E-state index is 14.0. The van der Waals surface area contributed by atoms with Gasteiger partial charge in [-0.05, 0) is 48.4 Å². The molecule has 0 atom stereocenters. The molecule has 0 radical (unpaired) electrons. The molecule has 2 aromatic rings. The number of hydrogen-bond acceptors (Lipinski definition) is 6. The van der Waals surface area contributed by atoms with Gasteiger partial charge < -0.3 is 15.8 Å². The third-order valence-electron chi connectivity index (χ3n) is 3.89. The molecule has 24 heavy (non-hydrogen) atoms. The second-order valence-corrected chi connectivity index (χ2v) is 5.53. The topological polar surface area (TPSA) is 108 Å². The van der Waals surface area contributed by atoms with E-state index in [4.69, 9.17) is 10.5 Å². The number of ether oxygens (including phenoxy) is 1. The number of nitrogens with one attached hydrogen (secondary N) is 1. The van der Waals surface area contributed by atoms with Gasteiger partial charge in [-0.15, -0.1) is 17.5 Å². The van der Waals surface area contributed by atoms with Gasteiger partial charge in [0, 0.05) is 18.9 Å². The average Bonchev–Trinajstić information content (AvgIpc) is 2.96. The molecule has 0 unspecified atom stereocenters. The number of aromatic nitrogens is 4. The fraction of sp³-hybridized carbons (Fsp3) is 0.429. The van der Waals surface area contributed by atoms with Crippen LogP contribution in [0.5, 0.6) is 0 Å². The van der Waals surface area contributed by atoms with E-state index >= 15 is 0 Å². The monoisotopic (exact) mass is 356 g/mol. The molecule has 0 bridgehead atoms. The van der Waals surface area contributed by atoms with E-state index in [1.807, 2.05) is 0 Å². The molecule has 10 heteroatoms. The van der Waals surface area contributed by atoms with E-state index < -0.39 is 11.4 Å². The van der Waals surface area contributed by atoms with Crippen molar-refractivity contribution in [2.75, 3.05) is 18.5 Å². The molecule has 1 aliphatic rings. The van der Waals surface area contributed by atoms with Crippen molar-refractivity contribution in [2.45, 2.75) is 25.3 Å². The van der Waals surface area contributed by atoms with Crippen LogP contribution < -0.4 is 11.1 Å². The summed E-state index contributed by atoms with van der Waals surface area (Å²) in [5.41, 5.74) is 5.74. The van der Waals surface area contributed by atoms with Crippen molar-refractivity contribution < 1.29 is 13.9 Å². The lowest BCUT2D eigenvalue weighted by Gasteiger charge is -2.31. The van der Waals surface area contributed by atoms with Gasteiger partial charge in [0.15, 0.2) is 5.82 Å². The van der Waals surface area contributed by atoms with Crippen LogP contribution >= 0.6 is 12.4 Å². The van der Waals surface area contributed by atoms with Gasteiger partial charge in [-0.1, -0.05) is 0 Å². The van der Waals surface area contributed by atoms with Crippen molar-refractivity contribution in [3.63, 3.8) is 0 Å². The highest BCUT2D eigenvalue weighted by atomic mass is 35.5. The van der Waals surface area contributed by atoms with Gasteiger partial charge in [-0.2, -0.15) is 4.68 Å². The molecule has 1 aliphatic heterocycles. The number of rotatable bonds is 3. The third kappa shape index (κ3) is 3.53. The second kappa shape index (κ2) is 7.20. The first-order valence-corrected chi connectivity index (χ1v) is 7.23. The predicted molar refractivity (Wildman–Crippen MR) is 86.7 cm³/mol. The number of halogens is 2. The highest BCUT2D eigenvalue weighted by Gasteiger charge is 2.36. The summed E-state index contributed by atoms with van der Waals surface area (Å²) >= 11 is 0. The van der Waals surface area contributed by atoms with Crippen LogP contribution in [0.15, 0.2) is 18.2 Å². The van der Waals surface area contributed by atoms with Crippen molar-refractivity contribution in [3.05, 3.63) is 29.8 Å². The lowest BCUT2D eigenvalue weighted by Crippen LogP contribution is -2.54. The van der Waals surface area contributed by atoms with Crippen molar-refractivity contribution >= 4 is 24.0 Å². The van der Waals surface area contributed by atoms with Crippen LogP contribution in [-0.2, 0) is 9.53 Å². The number of amides is 1. The summed E-state index contributed by atoms with van der Waals surface area (Å²) in [5, 5.41) is 13.7. The van der Waals surface area contributed by atoms with Crippen molar-refractivity contribution in [2.24, 2.45) is 5.73 Å². The van der Waals surface area contributed by atoms with Crippen LogP contribution in [0.4, 0.5) is 10.1 Å². The van der Waals surface area contributed by atoms with Crippen molar-refractivity contribution in [1.82, 2.24) is 20.2 Å². The zero-order valence-corrected chi connectivity index (χ0v) is 13.8. The smallest absolute Gasteiger partial charge is 0.244 e. The molecule has 0 saturated carbocycles. The number of nitrogens with zero attached hydrogens (tertiary/aromatic N) is 4. The van der Waals surface area contributed by atoms with Gasteiger partial charge in [-0.25, -0.2) is 4.39 Å². The normalized spacial score (nSPS) is 16.3. The van der Waals surface area contributed by atoms with Crippen molar-refractivity contribution in [1.29, 1.82) is 0 Å². The van der Waals surface area contributed by atoms with Crippen LogP contribution in [0.2, 0.25) is 0 Å². The zero-order valence-electron chi connectivity index (χ0n) is 13.0. The van der Waals surface area contributed by atoms with Crippen LogP contribution in [0, 0.1) is 12.7 Å². The summed E-state index contributed by atoms with van der Waals surface area (Å²) in [7, 11) is 0. The molecule has 2 heterocycles. The molecule has 0 aliphatic carbocycles. The Balaban J connectivity index is 0.00000208. The van der Waals surface area contributed by atoms with Gasteiger partial charge in [0.05, 0.1) is 0 Å². The number of benzene rings is 1. The van der Waals surface area contributed by atoms with Crippen LogP contribution in [0.25, 0.3) is 5.69 Å². The van der Waals surface area contributed by atoms with Gasteiger partial charge in [0.25, 0.3) is 0 Å². The molecule has 1 amide bonds. The van der Waals surface area contributed by atoms with E-state index in [1.165, 1.54) is 22.9 Å². The number of anilines is 1. The number of nitrogens with two attached hydrogens (primary N) is 1. The van der Waals surface area contributed by atoms with Crippen LogP contribution in [0.3, 0.4) is 0 Å². The minimum absolute atomic E-state index is 0. The van der Waals surface area contributed by atoms with E-state index in [-0.39, 0.29) is 24.0 Å². The standard InChI is InChI=1S/C14H17FN6O2.ClH/c1-9-18-19-20-21(9)12-8-10(2-3-11(12)15)17-13(22)14(16)4-6-23-7-5-14;/h2-3,8H,4-7,16H2,1H3,(H,17,22);1H. The molecular formula is C14H18ClFN6O2. The Kier molecular flexibility index (Phi) is 5.47. The fourth-order valence-electron chi connectivity index (χ4n) is 2.43. The van der Waals surface area contributed by atoms with E-state index in [0.29, 0.717) is 37.6 Å². The van der Waals surface area contributed by atoms with E-state index in [9.17, 15) is 9.18 Å². The summed E-state index contributed by atoms with van der Waals surface area (Å²) in [6.07, 6.45) is 0.887. The Bertz CT molecular complexity index is 732. The number of hydrogen-bond donors (Lipinski definition) is 2. The number of tetrazole rings is 1. The zero-order chi connectivity index (χ0) is 16.4. The molecular weight excluding hydrogens is 339 g/mol. The minimum Gasteiger partial charge on any atom is -0.381 e. The summed E-state index contributed by atoms with van der Waals surface area (Å²) in [6.45, 7) is 2.55. The number of carbonyl (C=O) groups excluding carboxylic acids is 1. The maximum atomic E-state index is 14.0. The SMILES string of the molecule is Cc1nnnn1-c1cc(NC(=O)C2(N)CCOCC2)ccc1F.Cl.